The van der Waals surface area contributed by atoms with Crippen molar-refractivity contribution in [2.75, 3.05) is 10.6 Å². The molecule has 4 aromatic carbocycles. The van der Waals surface area contributed by atoms with Gasteiger partial charge in [0.25, 0.3) is 40.5 Å². The molecule has 0 radical (unpaired) electrons. The van der Waals surface area contributed by atoms with Crippen molar-refractivity contribution >= 4 is 85.2 Å². The third-order valence-electron chi connectivity index (χ3n) is 8.06. The van der Waals surface area contributed by atoms with Gasteiger partial charge in [-0.3, -0.25) is 27.8 Å². The summed E-state index contributed by atoms with van der Waals surface area (Å²) < 4.78 is 131. The van der Waals surface area contributed by atoms with Crippen LogP contribution in [0.5, 0.6) is 0 Å². The Morgan fingerprint density at radius 3 is 1.08 bits per heavy atom. The molecule has 16 nitrogen and oxygen atoms in total. The van der Waals surface area contributed by atoms with Crippen molar-refractivity contribution in [1.82, 2.24) is 0 Å². The summed E-state index contributed by atoms with van der Waals surface area (Å²) in [7, 11) is -19.2. The van der Waals surface area contributed by atoms with Crippen molar-refractivity contribution in [3.05, 3.63) is 60.7 Å². The maximum Gasteiger partial charge on any atom is 0.295 e. The molecule has 0 spiro atoms. The Balaban J connectivity index is 1.15. The van der Waals surface area contributed by atoms with E-state index in [1.807, 2.05) is 0 Å². The van der Waals surface area contributed by atoms with E-state index in [2.05, 4.69) is 10.6 Å². The number of nitrogens with one attached hydrogen (secondary N) is 2. The van der Waals surface area contributed by atoms with Crippen LogP contribution in [-0.4, -0.2) is 63.7 Å². The lowest BCUT2D eigenvalue weighted by atomic mass is 10.1. The molecule has 0 saturated heterocycles. The third kappa shape index (κ3) is 11.2. The monoisotopic (exact) mass is 800 g/mol. The van der Waals surface area contributed by atoms with E-state index < -0.39 is 60.1 Å². The zero-order valence-electron chi connectivity index (χ0n) is 27.3. The van der Waals surface area contributed by atoms with Crippen LogP contribution in [0.3, 0.4) is 0 Å². The molecule has 4 aromatic rings. The summed E-state index contributed by atoms with van der Waals surface area (Å²) in [5.74, 6) is -0.649. The number of amides is 2. The molecular formula is C32H36N2O14S4. The molecule has 6 N–H and O–H groups in total. The molecule has 0 aliphatic heterocycles. The van der Waals surface area contributed by atoms with E-state index in [0.29, 0.717) is 25.0 Å². The summed E-state index contributed by atoms with van der Waals surface area (Å²) in [4.78, 5) is 22.0. The number of anilines is 2. The molecule has 4 rings (SSSR count). The first kappa shape index (κ1) is 40.7. The minimum Gasteiger partial charge on any atom is -0.326 e. The average molecular weight is 801 g/mol. The zero-order valence-corrected chi connectivity index (χ0v) is 30.6. The quantitative estimate of drug-likeness (QED) is 0.0572. The fraction of sp³-hybridized carbons (Fsp3) is 0.312. The number of fused-ring (bicyclic) bond motifs is 2. The van der Waals surface area contributed by atoms with Crippen molar-refractivity contribution in [2.24, 2.45) is 0 Å². The van der Waals surface area contributed by atoms with Crippen LogP contribution in [0.1, 0.15) is 64.2 Å². The van der Waals surface area contributed by atoms with E-state index >= 15 is 0 Å². The van der Waals surface area contributed by atoms with E-state index in [-0.39, 0.29) is 57.6 Å². The first-order chi connectivity index (χ1) is 24.1. The van der Waals surface area contributed by atoms with E-state index in [1.165, 1.54) is 36.4 Å². The van der Waals surface area contributed by atoms with Gasteiger partial charge in [0.05, 0.1) is 9.79 Å². The van der Waals surface area contributed by atoms with Gasteiger partial charge in [0.2, 0.25) is 11.8 Å². The molecule has 0 unspecified atom stereocenters. The van der Waals surface area contributed by atoms with Gasteiger partial charge in [0.1, 0.15) is 9.79 Å². The van der Waals surface area contributed by atoms with Crippen molar-refractivity contribution in [3.8, 4) is 0 Å². The lowest BCUT2D eigenvalue weighted by molar-refractivity contribution is -0.117. The highest BCUT2D eigenvalue weighted by Crippen LogP contribution is 2.31. The second kappa shape index (κ2) is 16.3. The molecule has 52 heavy (non-hydrogen) atoms. The van der Waals surface area contributed by atoms with Gasteiger partial charge in [0.15, 0.2) is 0 Å². The second-order valence-electron chi connectivity index (χ2n) is 12.0. The smallest absolute Gasteiger partial charge is 0.295 e. The number of benzene rings is 4. The molecular weight excluding hydrogens is 765 g/mol. The third-order valence-corrected chi connectivity index (χ3v) is 11.5. The van der Waals surface area contributed by atoms with Gasteiger partial charge in [-0.25, -0.2) is 0 Å². The number of carbonyl (C=O) groups excluding carboxylic acids is 2. The normalized spacial score (nSPS) is 12.6. The summed E-state index contributed by atoms with van der Waals surface area (Å²) >= 11 is 0. The summed E-state index contributed by atoms with van der Waals surface area (Å²) in [6, 6.07) is 11.5. The first-order valence-corrected chi connectivity index (χ1v) is 21.5. The molecule has 0 aliphatic carbocycles. The van der Waals surface area contributed by atoms with E-state index in [9.17, 15) is 61.5 Å². The predicted molar refractivity (Wildman–Crippen MR) is 191 cm³/mol. The van der Waals surface area contributed by atoms with Gasteiger partial charge >= 0.3 is 0 Å². The Bertz CT molecular complexity index is 2290. The van der Waals surface area contributed by atoms with Crippen molar-refractivity contribution in [1.29, 1.82) is 0 Å². The Labute approximate surface area is 300 Å². The fourth-order valence-electron chi connectivity index (χ4n) is 5.55. The van der Waals surface area contributed by atoms with Crippen LogP contribution in [0.2, 0.25) is 0 Å². The van der Waals surface area contributed by atoms with Gasteiger partial charge < -0.3 is 10.6 Å². The van der Waals surface area contributed by atoms with Crippen molar-refractivity contribution in [3.63, 3.8) is 0 Å². The zero-order chi connectivity index (χ0) is 38.5. The minimum absolute atomic E-state index is 0.0451. The number of hydrogen-bond donors (Lipinski definition) is 6. The second-order valence-corrected chi connectivity index (χ2v) is 17.7. The summed E-state index contributed by atoms with van der Waals surface area (Å²) in [5.41, 5.74) is 0.465. The van der Waals surface area contributed by atoms with E-state index in [1.54, 1.807) is 0 Å². The standard InChI is InChI=1S/C32H36N2O14S4/c35-31(33-23-13-11-21-15-25(49(37,38)39)19-29(27(21)17-23)51(43,44)45)9-7-5-3-1-2-4-6-8-10-32(36)34-24-14-12-22-16-26(50(40,41)42)20-30(28(22)18-24)52(46,47)48/h11-20H,1-10H2,(H,33,35)(H,34,36)(H,37,38,39)(H,40,41,42)(H,43,44,45)(H,46,47,48). The summed E-state index contributed by atoms with van der Waals surface area (Å²) in [6.07, 6.45) is 6.70. The Morgan fingerprint density at radius 1 is 0.442 bits per heavy atom. The van der Waals surface area contributed by atoms with Crippen LogP contribution in [-0.2, 0) is 50.1 Å². The van der Waals surface area contributed by atoms with Crippen LogP contribution >= 0.6 is 0 Å². The molecule has 0 fully saturated rings. The average Bonchev–Trinajstić information content (AvgIpc) is 3.02. The topological polar surface area (TPSA) is 276 Å². The van der Waals surface area contributed by atoms with E-state index in [4.69, 9.17) is 0 Å². The molecule has 2 amide bonds. The van der Waals surface area contributed by atoms with Gasteiger partial charge in [-0.1, -0.05) is 50.7 Å². The number of rotatable bonds is 17. The fourth-order valence-corrected chi connectivity index (χ4v) is 8.25. The maximum atomic E-state index is 12.5. The molecule has 0 aromatic heterocycles. The van der Waals surface area contributed by atoms with Crippen LogP contribution < -0.4 is 10.6 Å². The maximum absolute atomic E-state index is 12.5. The molecule has 0 heterocycles. The number of unbranched alkanes of at least 4 members (excludes halogenated alkanes) is 7. The number of carbonyl (C=O) groups is 2. The summed E-state index contributed by atoms with van der Waals surface area (Å²) in [5, 5.41) is 5.42. The SMILES string of the molecule is O=C(CCCCCCCCCCC(=O)Nc1ccc2cc(S(=O)(=O)O)cc(S(=O)(=O)O)c2c1)Nc1ccc2cc(S(=O)(=O)O)cc(S(=O)(=O)O)c2c1. The lowest BCUT2D eigenvalue weighted by Gasteiger charge is -2.10. The van der Waals surface area contributed by atoms with Gasteiger partial charge in [-0.05, 0) is 72.1 Å². The molecule has 0 saturated carbocycles. The largest absolute Gasteiger partial charge is 0.326 e. The molecule has 282 valence electrons. The van der Waals surface area contributed by atoms with Crippen molar-refractivity contribution < 1.29 is 61.5 Å². The van der Waals surface area contributed by atoms with Gasteiger partial charge in [0, 0.05) is 35.0 Å². The minimum atomic E-state index is -4.87. The molecule has 0 aliphatic rings. The van der Waals surface area contributed by atoms with Crippen LogP contribution in [0.4, 0.5) is 11.4 Å². The number of hydrogen-bond acceptors (Lipinski definition) is 10. The van der Waals surface area contributed by atoms with Crippen LogP contribution in [0.15, 0.2) is 80.2 Å². The highest BCUT2D eigenvalue weighted by atomic mass is 32.2. The molecule has 20 heteroatoms. The van der Waals surface area contributed by atoms with E-state index in [0.717, 1.165) is 50.7 Å². The van der Waals surface area contributed by atoms with Crippen molar-refractivity contribution in [2.45, 2.75) is 83.8 Å². The Morgan fingerprint density at radius 2 is 0.769 bits per heavy atom. The predicted octanol–water partition coefficient (Wildman–Crippen LogP) is 5.46. The summed E-state index contributed by atoms with van der Waals surface area (Å²) in [6.45, 7) is 0. The Kier molecular flexibility index (Phi) is 12.8. The first-order valence-electron chi connectivity index (χ1n) is 15.8. The van der Waals surface area contributed by atoms with Gasteiger partial charge in [-0.15, -0.1) is 0 Å². The van der Waals surface area contributed by atoms with Gasteiger partial charge in [-0.2, -0.15) is 33.7 Å². The Hall–Kier alpha value is -4.02. The lowest BCUT2D eigenvalue weighted by Crippen LogP contribution is -2.11. The van der Waals surface area contributed by atoms with Crippen LogP contribution in [0.25, 0.3) is 21.5 Å². The molecule has 0 atom stereocenters. The highest BCUT2D eigenvalue weighted by Gasteiger charge is 2.22. The highest BCUT2D eigenvalue weighted by molar-refractivity contribution is 7.87. The molecule has 0 bridgehead atoms. The van der Waals surface area contributed by atoms with Crippen LogP contribution in [0, 0.1) is 0 Å².